The van der Waals surface area contributed by atoms with Gasteiger partial charge >= 0.3 is 0 Å². The molecule has 0 amide bonds. The van der Waals surface area contributed by atoms with Gasteiger partial charge in [-0.2, -0.15) is 0 Å². The summed E-state index contributed by atoms with van der Waals surface area (Å²) in [6, 6.07) is 6.08. The van der Waals surface area contributed by atoms with Crippen LogP contribution in [0.3, 0.4) is 0 Å². The highest BCUT2D eigenvalue weighted by molar-refractivity contribution is 5.37. The van der Waals surface area contributed by atoms with Crippen molar-refractivity contribution in [2.75, 3.05) is 14.2 Å². The van der Waals surface area contributed by atoms with Gasteiger partial charge in [0.25, 0.3) is 0 Å². The molecule has 1 aromatic carbocycles. The fourth-order valence-electron chi connectivity index (χ4n) is 2.89. The number of hydrogen-bond acceptors (Lipinski definition) is 3. The van der Waals surface area contributed by atoms with E-state index < -0.39 is 0 Å². The van der Waals surface area contributed by atoms with Crippen LogP contribution in [0.1, 0.15) is 36.8 Å². The van der Waals surface area contributed by atoms with Crippen LogP contribution in [-0.4, -0.2) is 31.0 Å². The molecule has 1 atom stereocenters. The number of rotatable bonds is 6. The van der Waals surface area contributed by atoms with E-state index in [2.05, 4.69) is 13.0 Å². The molecule has 1 saturated carbocycles. The Morgan fingerprint density at radius 1 is 1.32 bits per heavy atom. The maximum absolute atomic E-state index is 10.3. The van der Waals surface area contributed by atoms with Gasteiger partial charge in [0.15, 0.2) is 0 Å². The number of aliphatic hydroxyl groups excluding tert-OH is 1. The molecule has 0 heterocycles. The fourth-order valence-corrected chi connectivity index (χ4v) is 2.89. The van der Waals surface area contributed by atoms with Crippen LogP contribution < -0.4 is 4.74 Å². The van der Waals surface area contributed by atoms with Crippen LogP contribution in [0.2, 0.25) is 0 Å². The van der Waals surface area contributed by atoms with Gasteiger partial charge in [-0.1, -0.05) is 17.7 Å². The Bertz CT molecular complexity index is 418. The molecule has 19 heavy (non-hydrogen) atoms. The van der Waals surface area contributed by atoms with E-state index in [9.17, 15) is 5.11 Å². The smallest absolute Gasteiger partial charge is 0.122 e. The Morgan fingerprint density at radius 2 is 2.05 bits per heavy atom. The third-order valence-corrected chi connectivity index (χ3v) is 4.20. The summed E-state index contributed by atoms with van der Waals surface area (Å²) in [5.74, 6) is 0.852. The summed E-state index contributed by atoms with van der Waals surface area (Å²) in [5, 5.41) is 10.3. The molecular weight excluding hydrogens is 240 g/mol. The van der Waals surface area contributed by atoms with Crippen LogP contribution in [0.4, 0.5) is 0 Å². The lowest BCUT2D eigenvalue weighted by Crippen LogP contribution is -2.42. The van der Waals surface area contributed by atoms with Crippen molar-refractivity contribution in [2.24, 2.45) is 0 Å². The largest absolute Gasteiger partial charge is 0.496 e. The predicted octanol–water partition coefficient (Wildman–Crippen LogP) is 2.87. The summed E-state index contributed by atoms with van der Waals surface area (Å²) in [6.07, 6.45) is 4.28. The highest BCUT2D eigenvalue weighted by Crippen LogP contribution is 2.39. The van der Waals surface area contributed by atoms with E-state index >= 15 is 0 Å². The van der Waals surface area contributed by atoms with Gasteiger partial charge < -0.3 is 14.6 Å². The second-order valence-electron chi connectivity index (χ2n) is 5.62. The van der Waals surface area contributed by atoms with E-state index in [1.54, 1.807) is 14.2 Å². The first-order valence-electron chi connectivity index (χ1n) is 6.95. The summed E-state index contributed by atoms with van der Waals surface area (Å²) < 4.78 is 10.9. The first-order valence-corrected chi connectivity index (χ1v) is 6.95. The van der Waals surface area contributed by atoms with Crippen LogP contribution in [0.25, 0.3) is 0 Å². The molecule has 1 unspecified atom stereocenters. The molecule has 1 aliphatic rings. The van der Waals surface area contributed by atoms with Gasteiger partial charge in [0.1, 0.15) is 5.75 Å². The first kappa shape index (κ1) is 14.4. The van der Waals surface area contributed by atoms with Crippen molar-refractivity contribution in [2.45, 2.75) is 50.7 Å². The molecule has 1 aromatic rings. The Balaban J connectivity index is 2.02. The molecule has 0 aromatic heterocycles. The van der Waals surface area contributed by atoms with Gasteiger partial charge in [-0.3, -0.25) is 0 Å². The van der Waals surface area contributed by atoms with Crippen molar-refractivity contribution in [1.29, 1.82) is 0 Å². The fraction of sp³-hybridized carbons (Fsp3) is 0.625. The lowest BCUT2D eigenvalue weighted by Gasteiger charge is -2.41. The number of aryl methyl sites for hydroxylation is 1. The highest BCUT2D eigenvalue weighted by atomic mass is 16.5. The lowest BCUT2D eigenvalue weighted by molar-refractivity contribution is -0.0989. The maximum atomic E-state index is 10.3. The van der Waals surface area contributed by atoms with Gasteiger partial charge in [-0.25, -0.2) is 0 Å². The van der Waals surface area contributed by atoms with Crippen molar-refractivity contribution in [3.8, 4) is 5.75 Å². The molecule has 3 nitrogen and oxygen atoms in total. The molecule has 3 heteroatoms. The Labute approximate surface area is 115 Å². The lowest BCUT2D eigenvalue weighted by atomic mass is 9.75. The molecule has 2 rings (SSSR count). The van der Waals surface area contributed by atoms with Crippen molar-refractivity contribution in [3.63, 3.8) is 0 Å². The second kappa shape index (κ2) is 5.93. The van der Waals surface area contributed by atoms with E-state index in [0.717, 1.165) is 24.2 Å². The normalized spacial score (nSPS) is 18.7. The van der Waals surface area contributed by atoms with Crippen molar-refractivity contribution in [3.05, 3.63) is 29.3 Å². The number of benzene rings is 1. The quantitative estimate of drug-likeness (QED) is 0.858. The molecule has 106 valence electrons. The summed E-state index contributed by atoms with van der Waals surface area (Å²) >= 11 is 0. The Hall–Kier alpha value is -1.06. The zero-order valence-corrected chi connectivity index (χ0v) is 12.1. The average molecular weight is 264 g/mol. The summed E-state index contributed by atoms with van der Waals surface area (Å²) in [6.45, 7) is 2.05. The third-order valence-electron chi connectivity index (χ3n) is 4.20. The van der Waals surface area contributed by atoms with Crippen LogP contribution in [0, 0.1) is 6.92 Å². The number of aliphatic hydroxyl groups is 1. The zero-order valence-electron chi connectivity index (χ0n) is 12.1. The number of methoxy groups -OCH3 is 2. The van der Waals surface area contributed by atoms with E-state index in [4.69, 9.17) is 9.47 Å². The molecular formula is C16H24O3. The van der Waals surface area contributed by atoms with E-state index in [1.165, 1.54) is 12.0 Å². The van der Waals surface area contributed by atoms with Crippen LogP contribution in [-0.2, 0) is 11.2 Å². The van der Waals surface area contributed by atoms with Crippen molar-refractivity contribution >= 4 is 0 Å². The minimum Gasteiger partial charge on any atom is -0.496 e. The molecule has 0 radical (unpaired) electrons. The number of ether oxygens (including phenoxy) is 2. The molecule has 1 aliphatic carbocycles. The average Bonchev–Trinajstić information content (AvgIpc) is 2.34. The highest BCUT2D eigenvalue weighted by Gasteiger charge is 2.38. The molecule has 1 fully saturated rings. The van der Waals surface area contributed by atoms with Crippen LogP contribution in [0.5, 0.6) is 5.75 Å². The Morgan fingerprint density at radius 3 is 2.58 bits per heavy atom. The van der Waals surface area contributed by atoms with Gasteiger partial charge in [0.2, 0.25) is 0 Å². The monoisotopic (exact) mass is 264 g/mol. The summed E-state index contributed by atoms with van der Waals surface area (Å²) in [5.41, 5.74) is 2.17. The molecule has 0 saturated heterocycles. The van der Waals surface area contributed by atoms with E-state index in [0.29, 0.717) is 12.8 Å². The van der Waals surface area contributed by atoms with Gasteiger partial charge in [-0.15, -0.1) is 0 Å². The third kappa shape index (κ3) is 3.28. The van der Waals surface area contributed by atoms with Gasteiger partial charge in [-0.05, 0) is 37.8 Å². The van der Waals surface area contributed by atoms with Gasteiger partial charge in [0, 0.05) is 20.0 Å². The van der Waals surface area contributed by atoms with Crippen molar-refractivity contribution in [1.82, 2.24) is 0 Å². The predicted molar refractivity (Wildman–Crippen MR) is 75.6 cm³/mol. The summed E-state index contributed by atoms with van der Waals surface area (Å²) in [7, 11) is 3.42. The molecule has 0 bridgehead atoms. The minimum absolute atomic E-state index is 0.0868. The SMILES string of the molecule is COc1ccc(C)cc1CC(O)CC1(OC)CCC1. The van der Waals surface area contributed by atoms with Crippen molar-refractivity contribution < 1.29 is 14.6 Å². The topological polar surface area (TPSA) is 38.7 Å². The van der Waals surface area contributed by atoms with Crippen LogP contribution in [0.15, 0.2) is 18.2 Å². The van der Waals surface area contributed by atoms with E-state index in [1.807, 2.05) is 12.1 Å². The zero-order chi connectivity index (χ0) is 13.9. The molecule has 0 spiro atoms. The maximum Gasteiger partial charge on any atom is 0.122 e. The summed E-state index contributed by atoms with van der Waals surface area (Å²) in [4.78, 5) is 0. The second-order valence-corrected chi connectivity index (χ2v) is 5.62. The number of hydrogen-bond donors (Lipinski definition) is 1. The molecule has 1 N–H and O–H groups in total. The minimum atomic E-state index is -0.379. The first-order chi connectivity index (χ1) is 9.08. The standard InChI is InChI=1S/C16H24O3/c1-12-5-6-15(18-2)13(9-12)10-14(17)11-16(19-3)7-4-8-16/h5-6,9,14,17H,4,7-8,10-11H2,1-3H3. The van der Waals surface area contributed by atoms with Gasteiger partial charge in [0.05, 0.1) is 18.8 Å². The molecule has 0 aliphatic heterocycles. The van der Waals surface area contributed by atoms with E-state index in [-0.39, 0.29) is 11.7 Å². The Kier molecular flexibility index (Phi) is 4.48. The van der Waals surface area contributed by atoms with Crippen LogP contribution >= 0.6 is 0 Å².